The topological polar surface area (TPSA) is 90.9 Å². The first-order chi connectivity index (χ1) is 22.1. The van der Waals surface area contributed by atoms with E-state index < -0.39 is 5.82 Å². The van der Waals surface area contributed by atoms with Gasteiger partial charge in [0, 0.05) is 48.1 Å². The zero-order valence-corrected chi connectivity index (χ0v) is 27.3. The summed E-state index contributed by atoms with van der Waals surface area (Å²) in [6.45, 7) is 9.39. The minimum absolute atomic E-state index is 0.0311. The summed E-state index contributed by atoms with van der Waals surface area (Å²) in [6.07, 6.45) is 15.2. The van der Waals surface area contributed by atoms with Crippen molar-refractivity contribution < 1.29 is 18.7 Å². The Bertz CT molecular complexity index is 1490. The minimum Gasteiger partial charge on any atom is -0.451 e. The molecular formula is C36H47FN6O3. The lowest BCUT2D eigenvalue weighted by atomic mass is 9.70. The van der Waals surface area contributed by atoms with Crippen LogP contribution in [0.4, 0.5) is 10.2 Å². The molecule has 246 valence electrons. The SMILES string of the molecule is CC1(C)C[C@]2(CC[C@@H](CN3CCC4(CC3)CN(c3ncncc3Oc3ccc(F)cc3C(=O)N(C3CC3)C3CC3)C4)CC2)NC1=O. The van der Waals surface area contributed by atoms with Gasteiger partial charge in [-0.1, -0.05) is 13.8 Å². The molecule has 46 heavy (non-hydrogen) atoms. The predicted molar refractivity (Wildman–Crippen MR) is 172 cm³/mol. The molecule has 3 aliphatic carbocycles. The van der Waals surface area contributed by atoms with E-state index in [0.29, 0.717) is 17.4 Å². The molecule has 3 saturated carbocycles. The van der Waals surface area contributed by atoms with Gasteiger partial charge in [0.15, 0.2) is 11.6 Å². The average Bonchev–Trinajstić information content (AvgIpc) is 3.96. The summed E-state index contributed by atoms with van der Waals surface area (Å²) < 4.78 is 20.7. The quantitative estimate of drug-likeness (QED) is 0.409. The monoisotopic (exact) mass is 630 g/mol. The van der Waals surface area contributed by atoms with Gasteiger partial charge in [-0.05, 0) is 108 Å². The Kier molecular flexibility index (Phi) is 7.31. The molecule has 2 spiro atoms. The number of nitrogens with zero attached hydrogens (tertiary/aromatic N) is 5. The van der Waals surface area contributed by atoms with Gasteiger partial charge in [-0.25, -0.2) is 14.4 Å². The molecule has 1 aromatic carbocycles. The maximum atomic E-state index is 14.4. The van der Waals surface area contributed by atoms with Gasteiger partial charge < -0.3 is 24.8 Å². The van der Waals surface area contributed by atoms with Gasteiger partial charge in [-0.15, -0.1) is 0 Å². The van der Waals surface area contributed by atoms with E-state index in [-0.39, 0.29) is 45.8 Å². The molecule has 3 saturated heterocycles. The van der Waals surface area contributed by atoms with Crippen LogP contribution in [-0.4, -0.2) is 81.9 Å². The Morgan fingerprint density at radius 2 is 1.72 bits per heavy atom. The smallest absolute Gasteiger partial charge is 0.258 e. The lowest BCUT2D eigenvalue weighted by molar-refractivity contribution is -0.126. The summed E-state index contributed by atoms with van der Waals surface area (Å²) in [4.78, 5) is 41.8. The summed E-state index contributed by atoms with van der Waals surface area (Å²) in [5.41, 5.74) is 0.343. The fraction of sp³-hybridized carbons (Fsp3) is 0.667. The highest BCUT2D eigenvalue weighted by atomic mass is 19.1. The number of likely N-dealkylation sites (tertiary alicyclic amines) is 1. The molecule has 9 nitrogen and oxygen atoms in total. The average molecular weight is 631 g/mol. The van der Waals surface area contributed by atoms with Gasteiger partial charge in [-0.2, -0.15) is 0 Å². The summed E-state index contributed by atoms with van der Waals surface area (Å²) in [7, 11) is 0. The molecule has 2 aromatic rings. The Balaban J connectivity index is 0.869. The van der Waals surface area contributed by atoms with Crippen molar-refractivity contribution in [1.82, 2.24) is 25.1 Å². The van der Waals surface area contributed by atoms with E-state index in [0.717, 1.165) is 83.5 Å². The van der Waals surface area contributed by atoms with Gasteiger partial charge in [-0.3, -0.25) is 9.59 Å². The molecule has 1 N–H and O–H groups in total. The summed E-state index contributed by atoms with van der Waals surface area (Å²) in [6, 6.07) is 4.74. The second-order valence-electron chi connectivity index (χ2n) is 16.0. The van der Waals surface area contributed by atoms with Crippen molar-refractivity contribution in [2.75, 3.05) is 37.6 Å². The van der Waals surface area contributed by atoms with Crippen LogP contribution >= 0.6 is 0 Å². The van der Waals surface area contributed by atoms with Gasteiger partial charge in [0.1, 0.15) is 17.9 Å². The van der Waals surface area contributed by atoms with Crippen molar-refractivity contribution in [2.45, 2.75) is 102 Å². The van der Waals surface area contributed by atoms with Crippen LogP contribution in [0.1, 0.15) is 94.8 Å². The summed E-state index contributed by atoms with van der Waals surface area (Å²) >= 11 is 0. The fourth-order valence-corrected chi connectivity index (χ4v) is 8.87. The van der Waals surface area contributed by atoms with Gasteiger partial charge >= 0.3 is 0 Å². The van der Waals surface area contributed by atoms with Crippen molar-refractivity contribution in [2.24, 2.45) is 16.7 Å². The first kappa shape index (κ1) is 30.1. The minimum atomic E-state index is -0.443. The highest BCUT2D eigenvalue weighted by Crippen LogP contribution is 2.47. The Labute approximate surface area is 271 Å². The molecule has 8 rings (SSSR count). The molecule has 0 radical (unpaired) electrons. The van der Waals surface area contributed by atoms with E-state index in [9.17, 15) is 14.0 Å². The molecule has 2 amide bonds. The maximum absolute atomic E-state index is 14.4. The lowest BCUT2D eigenvalue weighted by Gasteiger charge is -2.55. The van der Waals surface area contributed by atoms with Crippen LogP contribution in [0.25, 0.3) is 0 Å². The van der Waals surface area contributed by atoms with Crippen LogP contribution in [0.3, 0.4) is 0 Å². The van der Waals surface area contributed by atoms with Gasteiger partial charge in [0.05, 0.1) is 11.8 Å². The van der Waals surface area contributed by atoms with E-state index in [1.165, 1.54) is 37.8 Å². The number of ether oxygens (including phenoxy) is 1. The maximum Gasteiger partial charge on any atom is 0.258 e. The summed E-state index contributed by atoms with van der Waals surface area (Å²) in [5, 5.41) is 3.36. The number of anilines is 1. The molecule has 3 aliphatic heterocycles. The zero-order valence-electron chi connectivity index (χ0n) is 27.3. The predicted octanol–water partition coefficient (Wildman–Crippen LogP) is 5.55. The number of carbonyl (C=O) groups excluding carboxylic acids is 2. The van der Waals surface area contributed by atoms with E-state index in [1.807, 2.05) is 4.90 Å². The number of amides is 2. The molecule has 6 fully saturated rings. The zero-order chi connectivity index (χ0) is 31.7. The number of benzene rings is 1. The molecule has 0 bridgehead atoms. The molecule has 1 aromatic heterocycles. The molecule has 0 unspecified atom stereocenters. The number of nitrogens with one attached hydrogen (secondary N) is 1. The number of hydrogen-bond acceptors (Lipinski definition) is 7. The number of hydrogen-bond donors (Lipinski definition) is 1. The number of rotatable bonds is 8. The van der Waals surface area contributed by atoms with Crippen molar-refractivity contribution >= 4 is 17.6 Å². The van der Waals surface area contributed by atoms with Crippen LogP contribution in [-0.2, 0) is 4.79 Å². The Morgan fingerprint density at radius 3 is 2.35 bits per heavy atom. The largest absolute Gasteiger partial charge is 0.451 e. The molecular weight excluding hydrogens is 583 g/mol. The summed E-state index contributed by atoms with van der Waals surface area (Å²) in [5.74, 6) is 1.92. The fourth-order valence-electron chi connectivity index (χ4n) is 8.87. The highest BCUT2D eigenvalue weighted by Gasteiger charge is 2.51. The van der Waals surface area contributed by atoms with Crippen molar-refractivity contribution in [3.8, 4) is 11.5 Å². The highest BCUT2D eigenvalue weighted by molar-refractivity contribution is 5.98. The van der Waals surface area contributed by atoms with Crippen LogP contribution in [0.2, 0.25) is 0 Å². The van der Waals surface area contributed by atoms with Crippen LogP contribution in [0.5, 0.6) is 11.5 Å². The number of piperidine rings is 1. The lowest BCUT2D eigenvalue weighted by Crippen LogP contribution is -2.61. The van der Waals surface area contributed by atoms with Crippen LogP contribution in [0.15, 0.2) is 30.7 Å². The number of halogens is 1. The van der Waals surface area contributed by atoms with Crippen molar-refractivity contribution in [3.63, 3.8) is 0 Å². The van der Waals surface area contributed by atoms with Gasteiger partial charge in [0.2, 0.25) is 5.91 Å². The van der Waals surface area contributed by atoms with Crippen LogP contribution < -0.4 is 15.0 Å². The van der Waals surface area contributed by atoms with Crippen molar-refractivity contribution in [1.29, 1.82) is 0 Å². The molecule has 4 heterocycles. The van der Waals surface area contributed by atoms with Crippen molar-refractivity contribution in [3.05, 3.63) is 42.1 Å². The van der Waals surface area contributed by atoms with Crippen LogP contribution in [0, 0.1) is 22.6 Å². The first-order valence-corrected chi connectivity index (χ1v) is 17.5. The standard InChI is InChI=1S/C36H47FN6O3/c1-34(2)20-36(40-33(34)45)11-9-24(10-12-36)19-41-15-13-35(14-16-41)21-42(22-35)31-30(18-38-23-39-31)46-29-8-3-25(37)17-28(29)32(44)43(26-4-5-26)27-6-7-27/h3,8,17-18,23-24,26-27H,4-7,9-16,19-22H2,1-2H3,(H,40,45)/t24-,36-. The number of aromatic nitrogens is 2. The first-order valence-electron chi connectivity index (χ1n) is 17.5. The molecule has 10 heteroatoms. The van der Waals surface area contributed by atoms with E-state index >= 15 is 0 Å². The van der Waals surface area contributed by atoms with Gasteiger partial charge in [0.25, 0.3) is 5.91 Å². The Morgan fingerprint density at radius 1 is 1.02 bits per heavy atom. The number of carbonyl (C=O) groups is 2. The molecule has 6 aliphatic rings. The molecule has 0 atom stereocenters. The normalized spacial score (nSPS) is 28.6. The third-order valence-electron chi connectivity index (χ3n) is 11.8. The third kappa shape index (κ3) is 5.75. The second-order valence-corrected chi connectivity index (χ2v) is 16.0. The van der Waals surface area contributed by atoms with E-state index in [1.54, 1.807) is 18.6 Å². The Hall–Kier alpha value is -3.27. The second kappa shape index (κ2) is 11.2. The van der Waals surface area contributed by atoms with E-state index in [2.05, 4.69) is 38.9 Å². The van der Waals surface area contributed by atoms with E-state index in [4.69, 9.17) is 4.74 Å². The third-order valence-corrected chi connectivity index (χ3v) is 11.8.